The van der Waals surface area contributed by atoms with E-state index in [-0.39, 0.29) is 12.6 Å². The molecule has 1 aromatic rings. The molecule has 0 unspecified atom stereocenters. The summed E-state index contributed by atoms with van der Waals surface area (Å²) in [4.78, 5) is 11.4. The van der Waals surface area contributed by atoms with E-state index >= 15 is 0 Å². The molecule has 16 heavy (non-hydrogen) atoms. The SMILES string of the molecule is C=COCC(=O)O[Si](C)(C)c1ccccc1. The van der Waals surface area contributed by atoms with Gasteiger partial charge in [-0.1, -0.05) is 36.9 Å². The van der Waals surface area contributed by atoms with E-state index < -0.39 is 8.32 Å². The molecule has 0 N–H and O–H groups in total. The molecule has 0 aliphatic rings. The van der Waals surface area contributed by atoms with Gasteiger partial charge in [0.15, 0.2) is 6.61 Å². The Bertz CT molecular complexity index is 360. The van der Waals surface area contributed by atoms with Gasteiger partial charge in [0, 0.05) is 0 Å². The Kier molecular flexibility index (Phi) is 4.31. The largest absolute Gasteiger partial charge is 0.513 e. The van der Waals surface area contributed by atoms with Crippen molar-refractivity contribution < 1.29 is 14.0 Å². The molecular weight excluding hydrogens is 220 g/mol. The average molecular weight is 236 g/mol. The summed E-state index contributed by atoms with van der Waals surface area (Å²) < 4.78 is 10.2. The Morgan fingerprint density at radius 3 is 2.56 bits per heavy atom. The number of carbonyl (C=O) groups is 1. The summed E-state index contributed by atoms with van der Waals surface area (Å²) in [6.45, 7) is 7.25. The Morgan fingerprint density at radius 2 is 2.00 bits per heavy atom. The minimum Gasteiger partial charge on any atom is -0.513 e. The van der Waals surface area contributed by atoms with Crippen molar-refractivity contribution in [1.82, 2.24) is 0 Å². The first-order chi connectivity index (χ1) is 7.56. The van der Waals surface area contributed by atoms with Crippen molar-refractivity contribution in [3.05, 3.63) is 43.2 Å². The van der Waals surface area contributed by atoms with Crippen LogP contribution in [0.4, 0.5) is 0 Å². The molecule has 0 radical (unpaired) electrons. The van der Waals surface area contributed by atoms with Gasteiger partial charge in [-0.2, -0.15) is 0 Å². The predicted molar refractivity (Wildman–Crippen MR) is 65.8 cm³/mol. The van der Waals surface area contributed by atoms with Crippen molar-refractivity contribution in [3.8, 4) is 0 Å². The third-order valence-electron chi connectivity index (χ3n) is 2.16. The highest BCUT2D eigenvalue weighted by Crippen LogP contribution is 2.05. The molecule has 4 heteroatoms. The van der Waals surface area contributed by atoms with Crippen LogP contribution in [0.2, 0.25) is 13.1 Å². The molecule has 0 aliphatic carbocycles. The Labute approximate surface area is 96.8 Å². The predicted octanol–water partition coefficient (Wildman–Crippen LogP) is 1.80. The van der Waals surface area contributed by atoms with Crippen molar-refractivity contribution in [2.45, 2.75) is 13.1 Å². The van der Waals surface area contributed by atoms with Crippen LogP contribution in [0.15, 0.2) is 43.2 Å². The quantitative estimate of drug-likeness (QED) is 0.577. The van der Waals surface area contributed by atoms with E-state index in [4.69, 9.17) is 9.16 Å². The lowest BCUT2D eigenvalue weighted by Gasteiger charge is -2.22. The van der Waals surface area contributed by atoms with E-state index in [2.05, 4.69) is 6.58 Å². The standard InChI is InChI=1S/C12H16O3Si/c1-4-14-10-12(13)15-16(2,3)11-8-6-5-7-9-11/h4-9H,1,10H2,2-3H3. The topological polar surface area (TPSA) is 35.5 Å². The monoisotopic (exact) mass is 236 g/mol. The van der Waals surface area contributed by atoms with Crippen LogP contribution in [0, 0.1) is 0 Å². The van der Waals surface area contributed by atoms with E-state index in [1.165, 1.54) is 6.26 Å². The van der Waals surface area contributed by atoms with Crippen molar-refractivity contribution in [3.63, 3.8) is 0 Å². The van der Waals surface area contributed by atoms with Crippen LogP contribution in [-0.2, 0) is 14.0 Å². The molecule has 0 saturated carbocycles. The van der Waals surface area contributed by atoms with Crippen molar-refractivity contribution >= 4 is 19.5 Å². The van der Waals surface area contributed by atoms with Crippen LogP contribution in [0.1, 0.15) is 0 Å². The van der Waals surface area contributed by atoms with E-state index in [1.807, 2.05) is 43.4 Å². The van der Waals surface area contributed by atoms with E-state index in [9.17, 15) is 4.79 Å². The first-order valence-electron chi connectivity index (χ1n) is 5.06. The van der Waals surface area contributed by atoms with Crippen LogP contribution >= 0.6 is 0 Å². The summed E-state index contributed by atoms with van der Waals surface area (Å²) in [5.41, 5.74) is 0. The van der Waals surface area contributed by atoms with Gasteiger partial charge in [-0.25, -0.2) is 4.79 Å². The van der Waals surface area contributed by atoms with Gasteiger partial charge in [-0.15, -0.1) is 0 Å². The molecule has 0 aromatic heterocycles. The van der Waals surface area contributed by atoms with Gasteiger partial charge in [-0.3, -0.25) is 0 Å². The maximum Gasteiger partial charge on any atom is 0.331 e. The summed E-state index contributed by atoms with van der Waals surface area (Å²) in [6, 6.07) is 9.79. The maximum absolute atomic E-state index is 11.4. The fourth-order valence-corrected chi connectivity index (χ4v) is 3.08. The van der Waals surface area contributed by atoms with Gasteiger partial charge in [0.05, 0.1) is 6.26 Å². The van der Waals surface area contributed by atoms with Crippen LogP contribution in [0.5, 0.6) is 0 Å². The third-order valence-corrected chi connectivity index (χ3v) is 4.62. The number of hydrogen-bond acceptors (Lipinski definition) is 3. The third kappa shape index (κ3) is 3.55. The Hall–Kier alpha value is -1.55. The Balaban J connectivity index is 2.65. The molecule has 3 nitrogen and oxygen atoms in total. The molecule has 1 rings (SSSR count). The fraction of sp³-hybridized carbons (Fsp3) is 0.250. The lowest BCUT2D eigenvalue weighted by Crippen LogP contribution is -2.46. The summed E-state index contributed by atoms with van der Waals surface area (Å²) in [5, 5.41) is 1.09. The second kappa shape index (κ2) is 5.51. The van der Waals surface area contributed by atoms with Crippen molar-refractivity contribution in [1.29, 1.82) is 0 Å². The minimum atomic E-state index is -2.16. The normalized spacial score (nSPS) is 10.6. The second-order valence-corrected chi connectivity index (χ2v) is 7.63. The van der Waals surface area contributed by atoms with Crippen LogP contribution in [0.3, 0.4) is 0 Å². The van der Waals surface area contributed by atoms with E-state index in [0.717, 1.165) is 5.19 Å². The number of ether oxygens (including phenoxy) is 1. The highest BCUT2D eigenvalue weighted by atomic mass is 28.4. The van der Waals surface area contributed by atoms with Gasteiger partial charge < -0.3 is 9.16 Å². The molecule has 0 fully saturated rings. The summed E-state index contributed by atoms with van der Waals surface area (Å²) in [7, 11) is -2.16. The smallest absolute Gasteiger partial charge is 0.331 e. The molecular formula is C12H16O3Si. The Morgan fingerprint density at radius 1 is 1.38 bits per heavy atom. The summed E-state index contributed by atoms with van der Waals surface area (Å²) >= 11 is 0. The number of rotatable bonds is 5. The van der Waals surface area contributed by atoms with Gasteiger partial charge in [0.25, 0.3) is 8.32 Å². The molecule has 0 saturated heterocycles. The van der Waals surface area contributed by atoms with Gasteiger partial charge in [0.2, 0.25) is 0 Å². The molecule has 0 aliphatic heterocycles. The molecule has 0 spiro atoms. The van der Waals surface area contributed by atoms with Crippen LogP contribution in [-0.4, -0.2) is 20.9 Å². The fourth-order valence-electron chi connectivity index (χ4n) is 1.34. The van der Waals surface area contributed by atoms with Crippen molar-refractivity contribution in [2.75, 3.05) is 6.61 Å². The maximum atomic E-state index is 11.4. The zero-order chi connectivity index (χ0) is 12.0. The minimum absolute atomic E-state index is 0.0766. The first-order valence-corrected chi connectivity index (χ1v) is 7.97. The summed E-state index contributed by atoms with van der Waals surface area (Å²) in [5.74, 6) is -0.347. The molecule has 0 bridgehead atoms. The lowest BCUT2D eigenvalue weighted by atomic mass is 10.4. The number of hydrogen-bond donors (Lipinski definition) is 0. The number of carbonyl (C=O) groups excluding carboxylic acids is 1. The first kappa shape index (κ1) is 12.5. The van der Waals surface area contributed by atoms with Crippen LogP contribution < -0.4 is 5.19 Å². The lowest BCUT2D eigenvalue weighted by molar-refractivity contribution is -0.138. The molecule has 86 valence electrons. The zero-order valence-corrected chi connectivity index (χ0v) is 10.6. The van der Waals surface area contributed by atoms with E-state index in [1.54, 1.807) is 0 Å². The molecule has 0 amide bonds. The van der Waals surface area contributed by atoms with Gasteiger partial charge in [0.1, 0.15) is 0 Å². The van der Waals surface area contributed by atoms with Crippen LogP contribution in [0.25, 0.3) is 0 Å². The molecule has 0 heterocycles. The highest BCUT2D eigenvalue weighted by molar-refractivity contribution is 6.85. The van der Waals surface area contributed by atoms with E-state index in [0.29, 0.717) is 0 Å². The zero-order valence-electron chi connectivity index (χ0n) is 9.60. The molecule has 1 aromatic carbocycles. The summed E-state index contributed by atoms with van der Waals surface area (Å²) in [6.07, 6.45) is 1.23. The number of benzene rings is 1. The van der Waals surface area contributed by atoms with Gasteiger partial charge in [-0.05, 0) is 18.3 Å². The molecule has 0 atom stereocenters. The highest BCUT2D eigenvalue weighted by Gasteiger charge is 2.29. The average Bonchev–Trinajstić information content (AvgIpc) is 2.27. The van der Waals surface area contributed by atoms with Gasteiger partial charge >= 0.3 is 5.97 Å². The van der Waals surface area contributed by atoms with Crippen molar-refractivity contribution in [2.24, 2.45) is 0 Å². The second-order valence-electron chi connectivity index (χ2n) is 3.83.